The zero-order valence-corrected chi connectivity index (χ0v) is 23.5. The molecule has 1 aromatic heterocycles. The van der Waals surface area contributed by atoms with Crippen LogP contribution in [0.25, 0.3) is 17.0 Å². The summed E-state index contributed by atoms with van der Waals surface area (Å²) in [6.45, 7) is 9.65. The van der Waals surface area contributed by atoms with Gasteiger partial charge in [0.25, 0.3) is 0 Å². The van der Waals surface area contributed by atoms with Crippen LogP contribution in [0, 0.1) is 11.3 Å². The second-order valence-electron chi connectivity index (χ2n) is 12.3. The van der Waals surface area contributed by atoms with Crippen LogP contribution < -0.4 is 10.1 Å². The SMILES string of the molecule is C=Cc1c2c(nc3ccccc13)O[C@@H]1C[C@@H](C(=O)O)N(C1)C(=O)[C@H](C(C)(C)C)NC(=O)O[C@@H]1C[C@H]1CCCCC2. The molecule has 2 aliphatic heterocycles. The summed E-state index contributed by atoms with van der Waals surface area (Å²) >= 11 is 0. The summed E-state index contributed by atoms with van der Waals surface area (Å²) < 4.78 is 12.1. The fourth-order valence-corrected chi connectivity index (χ4v) is 6.00. The molecule has 1 saturated heterocycles. The third kappa shape index (κ3) is 5.78. The summed E-state index contributed by atoms with van der Waals surface area (Å²) in [7, 11) is 0. The number of amides is 2. The maximum Gasteiger partial charge on any atom is 0.408 e. The standard InChI is InChI=1S/C31H39N3O6/c1-5-20-21-12-9-10-14-23(21)32-27-22(20)13-8-6-7-11-18-15-25(18)40-30(38)33-26(31(2,3)4)28(35)34-17-19(39-27)16-24(34)29(36)37/h5,9-10,12,14,18-19,24-26H,1,6-8,11,13,15-17H2,2-4H3,(H,33,38)(H,36,37)/t18-,19-,24+,25-,26-/m1/s1. The van der Waals surface area contributed by atoms with Crippen molar-refractivity contribution in [3.8, 4) is 5.88 Å². The first-order valence-electron chi connectivity index (χ1n) is 14.3. The molecular weight excluding hydrogens is 510 g/mol. The van der Waals surface area contributed by atoms with Crippen molar-refractivity contribution in [2.75, 3.05) is 6.54 Å². The summed E-state index contributed by atoms with van der Waals surface area (Å²) in [6, 6.07) is 5.79. The molecule has 2 bridgehead atoms. The Bertz CT molecular complexity index is 1320. The molecule has 1 aliphatic carbocycles. The smallest absolute Gasteiger partial charge is 0.408 e. The average molecular weight is 550 g/mol. The van der Waals surface area contributed by atoms with Gasteiger partial charge in [0.2, 0.25) is 11.8 Å². The second-order valence-corrected chi connectivity index (χ2v) is 12.3. The third-order valence-corrected chi connectivity index (χ3v) is 8.31. The number of rotatable bonds is 2. The number of aromatic nitrogens is 1. The van der Waals surface area contributed by atoms with Crippen LogP contribution in [0.1, 0.15) is 70.4 Å². The quantitative estimate of drug-likeness (QED) is 0.544. The number of aliphatic carboxylic acids is 1. The number of pyridine rings is 1. The molecule has 2 N–H and O–H groups in total. The number of ether oxygens (including phenoxy) is 2. The molecule has 1 aromatic carbocycles. The fourth-order valence-electron chi connectivity index (χ4n) is 6.00. The number of alkyl carbamates (subject to hydrolysis) is 1. The fraction of sp³-hybridized carbons (Fsp3) is 0.548. The van der Waals surface area contributed by atoms with Crippen molar-refractivity contribution in [2.24, 2.45) is 11.3 Å². The Morgan fingerprint density at radius 3 is 2.65 bits per heavy atom. The molecular formula is C31H39N3O6. The van der Waals surface area contributed by atoms with Crippen molar-refractivity contribution in [1.82, 2.24) is 15.2 Å². The molecule has 5 atom stereocenters. The highest BCUT2D eigenvalue weighted by atomic mass is 16.6. The first-order chi connectivity index (χ1) is 19.1. The number of nitrogens with zero attached hydrogens (tertiary/aromatic N) is 2. The lowest BCUT2D eigenvalue weighted by Gasteiger charge is -2.34. The second kappa shape index (κ2) is 11.1. The number of carboxylic acid groups (broad SMARTS) is 1. The van der Waals surface area contributed by atoms with E-state index in [2.05, 4.69) is 11.9 Å². The molecule has 0 unspecified atom stereocenters. The van der Waals surface area contributed by atoms with Crippen LogP contribution in [0.15, 0.2) is 30.8 Å². The number of carbonyl (C=O) groups is 3. The van der Waals surface area contributed by atoms with E-state index in [1.807, 2.05) is 51.1 Å². The zero-order chi connectivity index (χ0) is 28.6. The summed E-state index contributed by atoms with van der Waals surface area (Å²) in [5, 5.41) is 13.8. The van der Waals surface area contributed by atoms with Crippen LogP contribution in [0.3, 0.4) is 0 Å². The van der Waals surface area contributed by atoms with Crippen molar-refractivity contribution in [3.05, 3.63) is 42.0 Å². The van der Waals surface area contributed by atoms with Gasteiger partial charge in [0.05, 0.1) is 12.1 Å². The van der Waals surface area contributed by atoms with E-state index in [9.17, 15) is 19.5 Å². The van der Waals surface area contributed by atoms with Gasteiger partial charge in [-0.1, -0.05) is 64.5 Å². The number of carbonyl (C=O) groups excluding carboxylic acids is 2. The molecule has 0 spiro atoms. The van der Waals surface area contributed by atoms with Gasteiger partial charge in [0.1, 0.15) is 24.3 Å². The van der Waals surface area contributed by atoms with Gasteiger partial charge in [-0.2, -0.15) is 0 Å². The lowest BCUT2D eigenvalue weighted by atomic mass is 9.85. The van der Waals surface area contributed by atoms with E-state index in [-0.39, 0.29) is 19.1 Å². The molecule has 214 valence electrons. The van der Waals surface area contributed by atoms with Crippen LogP contribution >= 0.6 is 0 Å². The minimum Gasteiger partial charge on any atom is -0.480 e. The van der Waals surface area contributed by atoms with E-state index in [4.69, 9.17) is 14.5 Å². The number of para-hydroxylation sites is 1. The highest BCUT2D eigenvalue weighted by Gasteiger charge is 2.47. The van der Waals surface area contributed by atoms with Crippen LogP contribution in [0.2, 0.25) is 0 Å². The van der Waals surface area contributed by atoms with Crippen molar-refractivity contribution in [1.29, 1.82) is 0 Å². The Labute approximate surface area is 234 Å². The van der Waals surface area contributed by atoms with Gasteiger partial charge >= 0.3 is 12.1 Å². The largest absolute Gasteiger partial charge is 0.480 e. The van der Waals surface area contributed by atoms with Crippen molar-refractivity contribution in [2.45, 2.75) is 90.0 Å². The average Bonchev–Trinajstić information content (AvgIpc) is 3.48. The molecule has 9 heteroatoms. The lowest BCUT2D eigenvalue weighted by Crippen LogP contribution is -2.57. The van der Waals surface area contributed by atoms with Crippen LogP contribution in [0.5, 0.6) is 5.88 Å². The van der Waals surface area contributed by atoms with Gasteiger partial charge in [-0.15, -0.1) is 0 Å². The first-order valence-corrected chi connectivity index (χ1v) is 14.3. The monoisotopic (exact) mass is 549 g/mol. The van der Waals surface area contributed by atoms with Crippen molar-refractivity contribution >= 4 is 34.9 Å². The minimum atomic E-state index is -1.11. The van der Waals surface area contributed by atoms with Crippen LogP contribution in [0.4, 0.5) is 4.79 Å². The zero-order valence-electron chi connectivity index (χ0n) is 23.5. The third-order valence-electron chi connectivity index (χ3n) is 8.31. The van der Waals surface area contributed by atoms with Crippen LogP contribution in [-0.2, 0) is 20.7 Å². The maximum atomic E-state index is 13.8. The number of hydrogen-bond acceptors (Lipinski definition) is 6. The summed E-state index contributed by atoms with van der Waals surface area (Å²) in [5.74, 6) is -0.779. The molecule has 40 heavy (non-hydrogen) atoms. The van der Waals surface area contributed by atoms with E-state index in [0.29, 0.717) is 11.8 Å². The topological polar surface area (TPSA) is 118 Å². The van der Waals surface area contributed by atoms with E-state index in [0.717, 1.165) is 60.6 Å². The van der Waals surface area contributed by atoms with Gasteiger partial charge in [-0.3, -0.25) is 4.79 Å². The van der Waals surface area contributed by atoms with Gasteiger partial charge in [-0.25, -0.2) is 14.6 Å². The van der Waals surface area contributed by atoms with Crippen LogP contribution in [-0.4, -0.2) is 63.8 Å². The summed E-state index contributed by atoms with van der Waals surface area (Å²) in [6.07, 6.45) is 6.10. The highest BCUT2D eigenvalue weighted by Crippen LogP contribution is 2.39. The Morgan fingerprint density at radius 1 is 1.15 bits per heavy atom. The number of hydrogen-bond donors (Lipinski definition) is 2. The Hall–Kier alpha value is -3.62. The van der Waals surface area contributed by atoms with Crippen molar-refractivity contribution in [3.63, 3.8) is 0 Å². The normalized spacial score (nSPS) is 27.8. The van der Waals surface area contributed by atoms with Gasteiger partial charge in [0, 0.05) is 17.4 Å². The minimum absolute atomic E-state index is 0.0706. The van der Waals surface area contributed by atoms with E-state index < -0.39 is 41.6 Å². The number of benzene rings is 1. The predicted octanol–water partition coefficient (Wildman–Crippen LogP) is 4.96. The number of carboxylic acids is 1. The molecule has 0 radical (unpaired) electrons. The van der Waals surface area contributed by atoms with Gasteiger partial charge in [-0.05, 0) is 48.6 Å². The van der Waals surface area contributed by atoms with Gasteiger partial charge in [0.15, 0.2) is 0 Å². The van der Waals surface area contributed by atoms with E-state index >= 15 is 0 Å². The Kier molecular flexibility index (Phi) is 7.75. The molecule has 1 saturated carbocycles. The number of nitrogens with one attached hydrogen (secondary N) is 1. The summed E-state index contributed by atoms with van der Waals surface area (Å²) in [5.41, 5.74) is 2.03. The van der Waals surface area contributed by atoms with E-state index in [1.165, 1.54) is 4.90 Å². The molecule has 2 fully saturated rings. The van der Waals surface area contributed by atoms with E-state index in [1.54, 1.807) is 0 Å². The molecule has 3 aliphatic rings. The Balaban J connectivity index is 1.51. The van der Waals surface area contributed by atoms with Crippen molar-refractivity contribution < 1.29 is 29.0 Å². The molecule has 9 nitrogen and oxygen atoms in total. The first kappa shape index (κ1) is 27.9. The molecule has 5 rings (SSSR count). The highest BCUT2D eigenvalue weighted by molar-refractivity contribution is 5.91. The molecule has 2 amide bonds. The molecule has 3 heterocycles. The predicted molar refractivity (Wildman–Crippen MR) is 151 cm³/mol. The number of fused-ring (bicyclic) bond motifs is 5. The maximum absolute atomic E-state index is 13.8. The molecule has 2 aromatic rings. The van der Waals surface area contributed by atoms with Gasteiger partial charge < -0.3 is 24.8 Å². The summed E-state index contributed by atoms with van der Waals surface area (Å²) in [4.78, 5) is 45.1. The Morgan fingerprint density at radius 2 is 1.93 bits per heavy atom. The lowest BCUT2D eigenvalue weighted by molar-refractivity contribution is -0.150.